The van der Waals surface area contributed by atoms with Crippen molar-refractivity contribution in [2.75, 3.05) is 13.6 Å². The molecule has 0 radical (unpaired) electrons. The minimum absolute atomic E-state index is 0.0288. The Morgan fingerprint density at radius 1 is 1.47 bits per heavy atom. The van der Waals surface area contributed by atoms with E-state index >= 15 is 0 Å². The number of halogens is 1. The van der Waals surface area contributed by atoms with Crippen LogP contribution in [0.25, 0.3) is 0 Å². The van der Waals surface area contributed by atoms with Gasteiger partial charge in [0.05, 0.1) is 5.56 Å². The van der Waals surface area contributed by atoms with Gasteiger partial charge in [-0.2, -0.15) is 0 Å². The Kier molecular flexibility index (Phi) is 4.00. The van der Waals surface area contributed by atoms with E-state index in [0.717, 1.165) is 6.54 Å². The summed E-state index contributed by atoms with van der Waals surface area (Å²) in [4.78, 5) is 17.8. The third kappa shape index (κ3) is 3.19. The molecule has 1 aliphatic rings. The molecule has 3 nitrogen and oxygen atoms in total. The van der Waals surface area contributed by atoms with Crippen LogP contribution in [-0.2, 0) is 0 Å². The number of amides is 1. The van der Waals surface area contributed by atoms with E-state index in [9.17, 15) is 4.79 Å². The molecular formula is C13H17ClN2O. The lowest BCUT2D eigenvalue weighted by Crippen LogP contribution is -2.31. The molecule has 1 fully saturated rings. The molecule has 1 aromatic rings. The second kappa shape index (κ2) is 5.50. The predicted octanol–water partition coefficient (Wildman–Crippen LogP) is 3.00. The molecule has 4 heteroatoms. The summed E-state index contributed by atoms with van der Waals surface area (Å²) in [7, 11) is 1.86. The summed E-state index contributed by atoms with van der Waals surface area (Å²) in [6, 6.07) is 3.38. The summed E-state index contributed by atoms with van der Waals surface area (Å²) in [5.41, 5.74) is 0.606. The Hall–Kier alpha value is -1.09. The van der Waals surface area contributed by atoms with Crippen molar-refractivity contribution in [2.45, 2.75) is 25.7 Å². The molecule has 2 rings (SSSR count). The van der Waals surface area contributed by atoms with Gasteiger partial charge in [-0.3, -0.25) is 4.79 Å². The fourth-order valence-electron chi connectivity index (χ4n) is 2.39. The number of rotatable bonds is 3. The SMILES string of the molecule is CN(CC1CCCC1)C(=O)c1ccc(Cl)nc1. The van der Waals surface area contributed by atoms with Crippen molar-refractivity contribution < 1.29 is 4.79 Å². The summed E-state index contributed by atoms with van der Waals surface area (Å²) in [5.74, 6) is 0.699. The molecule has 1 amide bonds. The molecule has 17 heavy (non-hydrogen) atoms. The monoisotopic (exact) mass is 252 g/mol. The van der Waals surface area contributed by atoms with Crippen LogP contribution in [0.5, 0.6) is 0 Å². The summed E-state index contributed by atoms with van der Waals surface area (Å²) in [6.45, 7) is 0.849. The largest absolute Gasteiger partial charge is 0.341 e. The van der Waals surface area contributed by atoms with Crippen molar-refractivity contribution in [1.29, 1.82) is 0 Å². The fourth-order valence-corrected chi connectivity index (χ4v) is 2.50. The molecule has 0 aromatic carbocycles. The molecule has 0 saturated heterocycles. The van der Waals surface area contributed by atoms with E-state index in [-0.39, 0.29) is 5.91 Å². The maximum Gasteiger partial charge on any atom is 0.255 e. The first-order valence-electron chi connectivity index (χ1n) is 6.04. The van der Waals surface area contributed by atoms with E-state index < -0.39 is 0 Å². The second-order valence-electron chi connectivity index (χ2n) is 4.71. The Labute approximate surface area is 107 Å². The van der Waals surface area contributed by atoms with E-state index in [2.05, 4.69) is 4.98 Å². The smallest absolute Gasteiger partial charge is 0.255 e. The number of aromatic nitrogens is 1. The fraction of sp³-hybridized carbons (Fsp3) is 0.538. The topological polar surface area (TPSA) is 33.2 Å². The quantitative estimate of drug-likeness (QED) is 0.775. The molecule has 0 spiro atoms. The van der Waals surface area contributed by atoms with Gasteiger partial charge >= 0.3 is 0 Å². The van der Waals surface area contributed by atoms with E-state index in [0.29, 0.717) is 16.6 Å². The molecular weight excluding hydrogens is 236 g/mol. The van der Waals surface area contributed by atoms with E-state index in [1.165, 1.54) is 31.9 Å². The van der Waals surface area contributed by atoms with Gasteiger partial charge in [-0.25, -0.2) is 4.98 Å². The van der Waals surface area contributed by atoms with Crippen molar-refractivity contribution in [1.82, 2.24) is 9.88 Å². The summed E-state index contributed by atoms with van der Waals surface area (Å²) < 4.78 is 0. The van der Waals surface area contributed by atoms with Crippen LogP contribution in [-0.4, -0.2) is 29.4 Å². The van der Waals surface area contributed by atoms with Crippen molar-refractivity contribution in [3.63, 3.8) is 0 Å². The minimum Gasteiger partial charge on any atom is -0.341 e. The van der Waals surface area contributed by atoms with Gasteiger partial charge in [-0.15, -0.1) is 0 Å². The molecule has 1 aromatic heterocycles. The van der Waals surface area contributed by atoms with Crippen LogP contribution in [0.2, 0.25) is 5.15 Å². The number of hydrogen-bond acceptors (Lipinski definition) is 2. The number of pyridine rings is 1. The van der Waals surface area contributed by atoms with Crippen molar-refractivity contribution in [3.05, 3.63) is 29.0 Å². The standard InChI is InChI=1S/C13H17ClN2O/c1-16(9-10-4-2-3-5-10)13(17)11-6-7-12(14)15-8-11/h6-8,10H,2-5,9H2,1H3. The predicted molar refractivity (Wildman–Crippen MR) is 68.2 cm³/mol. The van der Waals surface area contributed by atoms with Crippen LogP contribution >= 0.6 is 11.6 Å². The number of nitrogens with zero attached hydrogens (tertiary/aromatic N) is 2. The molecule has 1 saturated carbocycles. The number of carbonyl (C=O) groups is 1. The van der Waals surface area contributed by atoms with Crippen LogP contribution in [0.15, 0.2) is 18.3 Å². The highest BCUT2D eigenvalue weighted by Crippen LogP contribution is 2.25. The molecule has 0 bridgehead atoms. The molecule has 0 atom stereocenters. The van der Waals surface area contributed by atoms with Crippen LogP contribution in [0.1, 0.15) is 36.0 Å². The molecule has 92 valence electrons. The zero-order valence-electron chi connectivity index (χ0n) is 10.0. The van der Waals surface area contributed by atoms with E-state index in [1.807, 2.05) is 7.05 Å². The van der Waals surface area contributed by atoms with E-state index in [1.54, 1.807) is 17.0 Å². The molecule has 0 aliphatic heterocycles. The third-order valence-electron chi connectivity index (χ3n) is 3.33. The van der Waals surface area contributed by atoms with Gasteiger partial charge in [0.25, 0.3) is 5.91 Å². The number of hydrogen-bond donors (Lipinski definition) is 0. The van der Waals surface area contributed by atoms with Crippen molar-refractivity contribution in [2.24, 2.45) is 5.92 Å². The van der Waals surface area contributed by atoms with Gasteiger partial charge in [0, 0.05) is 19.8 Å². The van der Waals surface area contributed by atoms with Gasteiger partial charge in [0.15, 0.2) is 0 Å². The molecule has 1 heterocycles. The Bertz CT molecular complexity index is 385. The lowest BCUT2D eigenvalue weighted by atomic mass is 10.1. The summed E-state index contributed by atoms with van der Waals surface area (Å²) in [5, 5.41) is 0.417. The maximum atomic E-state index is 12.1. The zero-order valence-corrected chi connectivity index (χ0v) is 10.8. The normalized spacial score (nSPS) is 16.1. The second-order valence-corrected chi connectivity index (χ2v) is 5.09. The van der Waals surface area contributed by atoms with Gasteiger partial charge in [-0.1, -0.05) is 24.4 Å². The lowest BCUT2D eigenvalue weighted by Gasteiger charge is -2.20. The van der Waals surface area contributed by atoms with Crippen LogP contribution in [0, 0.1) is 5.92 Å². The minimum atomic E-state index is 0.0288. The Balaban J connectivity index is 1.96. The first-order chi connectivity index (χ1) is 8.16. The first-order valence-corrected chi connectivity index (χ1v) is 6.41. The maximum absolute atomic E-state index is 12.1. The van der Waals surface area contributed by atoms with Crippen LogP contribution < -0.4 is 0 Å². The van der Waals surface area contributed by atoms with Crippen LogP contribution in [0.4, 0.5) is 0 Å². The Morgan fingerprint density at radius 2 is 2.18 bits per heavy atom. The molecule has 1 aliphatic carbocycles. The third-order valence-corrected chi connectivity index (χ3v) is 3.55. The molecule has 0 unspecified atom stereocenters. The van der Waals surface area contributed by atoms with Gasteiger partial charge in [0.2, 0.25) is 0 Å². The average Bonchev–Trinajstić information content (AvgIpc) is 2.82. The van der Waals surface area contributed by atoms with Gasteiger partial charge in [-0.05, 0) is 30.9 Å². The first kappa shape index (κ1) is 12.4. The zero-order chi connectivity index (χ0) is 12.3. The highest BCUT2D eigenvalue weighted by molar-refractivity contribution is 6.29. The average molecular weight is 253 g/mol. The van der Waals surface area contributed by atoms with Crippen molar-refractivity contribution in [3.8, 4) is 0 Å². The molecule has 0 N–H and O–H groups in total. The van der Waals surface area contributed by atoms with Crippen LogP contribution in [0.3, 0.4) is 0 Å². The Morgan fingerprint density at radius 3 is 2.76 bits per heavy atom. The van der Waals surface area contributed by atoms with Crippen molar-refractivity contribution >= 4 is 17.5 Å². The highest BCUT2D eigenvalue weighted by atomic mass is 35.5. The van der Waals surface area contributed by atoms with Gasteiger partial charge < -0.3 is 4.90 Å². The van der Waals surface area contributed by atoms with Gasteiger partial charge in [0.1, 0.15) is 5.15 Å². The highest BCUT2D eigenvalue weighted by Gasteiger charge is 2.20. The summed E-state index contributed by atoms with van der Waals surface area (Å²) >= 11 is 5.70. The summed E-state index contributed by atoms with van der Waals surface area (Å²) in [6.07, 6.45) is 6.63. The lowest BCUT2D eigenvalue weighted by molar-refractivity contribution is 0.0773. The van der Waals surface area contributed by atoms with E-state index in [4.69, 9.17) is 11.6 Å². The number of carbonyl (C=O) groups excluding carboxylic acids is 1.